The molecule has 0 aromatic heterocycles. The first-order valence-corrected chi connectivity index (χ1v) is 9.62. The molecule has 1 aromatic carbocycles. The second-order valence-corrected chi connectivity index (χ2v) is 7.45. The molecule has 1 saturated carbocycles. The number of halogens is 1. The van der Waals surface area contributed by atoms with Gasteiger partial charge in [-0.25, -0.2) is 4.39 Å². The van der Waals surface area contributed by atoms with Crippen LogP contribution in [0.3, 0.4) is 0 Å². The number of carbonyl (C=O) groups is 1. The largest absolute Gasteiger partial charge is 0.372 e. The molecule has 1 aliphatic carbocycles. The van der Waals surface area contributed by atoms with E-state index in [0.717, 1.165) is 25.7 Å². The van der Waals surface area contributed by atoms with E-state index in [9.17, 15) is 9.18 Å². The van der Waals surface area contributed by atoms with Gasteiger partial charge in [0.25, 0.3) is 0 Å². The first-order valence-electron chi connectivity index (χ1n) is 9.62. The standard InChI is InChI=1S/C20H29FN2O3/c1-14-11-23(12-15(2)26-14)19-9-8-16(10-18(19)21)22-20(24)13-25-17-6-4-3-5-7-17/h8-10,14-15,17H,3-7,11-13H2,1-2H3,(H,22,24)/t14-,15-/m1/s1. The van der Waals surface area contributed by atoms with Gasteiger partial charge in [-0.2, -0.15) is 0 Å². The van der Waals surface area contributed by atoms with E-state index in [1.165, 1.54) is 12.5 Å². The number of nitrogens with one attached hydrogen (secondary N) is 1. The van der Waals surface area contributed by atoms with Crippen LogP contribution in [0.4, 0.5) is 15.8 Å². The summed E-state index contributed by atoms with van der Waals surface area (Å²) in [6.45, 7) is 5.31. The molecule has 0 radical (unpaired) electrons. The number of amides is 1. The molecule has 1 aromatic rings. The van der Waals surface area contributed by atoms with Gasteiger partial charge in [0.1, 0.15) is 12.4 Å². The third-order valence-electron chi connectivity index (χ3n) is 4.99. The summed E-state index contributed by atoms with van der Waals surface area (Å²) in [6, 6.07) is 4.83. The number of benzene rings is 1. The normalized spacial score (nSPS) is 24.5. The number of anilines is 2. The molecule has 0 bridgehead atoms. The average Bonchev–Trinajstić information content (AvgIpc) is 2.60. The molecule has 5 nitrogen and oxygen atoms in total. The van der Waals surface area contributed by atoms with Crippen LogP contribution in [-0.4, -0.2) is 43.9 Å². The molecule has 1 amide bonds. The van der Waals surface area contributed by atoms with Gasteiger partial charge in [-0.05, 0) is 44.9 Å². The molecule has 1 saturated heterocycles. The summed E-state index contributed by atoms with van der Waals surface area (Å²) in [5, 5.41) is 2.72. The maximum atomic E-state index is 14.6. The van der Waals surface area contributed by atoms with Crippen molar-refractivity contribution in [2.75, 3.05) is 29.9 Å². The van der Waals surface area contributed by atoms with Gasteiger partial charge in [0.05, 0.1) is 24.0 Å². The SMILES string of the molecule is C[C@@H]1CN(c2ccc(NC(=O)COC3CCCCC3)cc2F)C[C@@H](C)O1. The minimum absolute atomic E-state index is 0.0204. The van der Waals surface area contributed by atoms with Gasteiger partial charge in [0.2, 0.25) is 5.91 Å². The predicted molar refractivity (Wildman–Crippen MR) is 100 cm³/mol. The maximum absolute atomic E-state index is 14.6. The van der Waals surface area contributed by atoms with Crippen molar-refractivity contribution in [3.05, 3.63) is 24.0 Å². The smallest absolute Gasteiger partial charge is 0.250 e. The monoisotopic (exact) mass is 364 g/mol. The van der Waals surface area contributed by atoms with Gasteiger partial charge in [0, 0.05) is 18.8 Å². The summed E-state index contributed by atoms with van der Waals surface area (Å²) in [7, 11) is 0. The molecule has 1 aliphatic heterocycles. The molecule has 1 heterocycles. The van der Waals surface area contributed by atoms with E-state index >= 15 is 0 Å². The highest BCUT2D eigenvalue weighted by Gasteiger charge is 2.24. The third-order valence-corrected chi connectivity index (χ3v) is 4.99. The number of ether oxygens (including phenoxy) is 2. The van der Waals surface area contributed by atoms with E-state index in [0.29, 0.717) is 24.5 Å². The zero-order valence-electron chi connectivity index (χ0n) is 15.7. The Morgan fingerprint density at radius 1 is 1.23 bits per heavy atom. The summed E-state index contributed by atoms with van der Waals surface area (Å²) >= 11 is 0. The van der Waals surface area contributed by atoms with Crippen LogP contribution in [0, 0.1) is 5.82 Å². The number of carbonyl (C=O) groups excluding carboxylic acids is 1. The van der Waals surface area contributed by atoms with Crippen molar-refractivity contribution in [1.82, 2.24) is 0 Å². The predicted octanol–water partition coefficient (Wildman–Crippen LogP) is 3.73. The van der Waals surface area contributed by atoms with Crippen LogP contribution >= 0.6 is 0 Å². The Labute approximate surface area is 154 Å². The maximum Gasteiger partial charge on any atom is 0.250 e. The summed E-state index contributed by atoms with van der Waals surface area (Å²) in [6.07, 6.45) is 5.93. The van der Waals surface area contributed by atoms with Crippen LogP contribution < -0.4 is 10.2 Å². The Hall–Kier alpha value is -1.66. The van der Waals surface area contributed by atoms with Crippen molar-refractivity contribution in [2.24, 2.45) is 0 Å². The first kappa shape index (κ1) is 19.1. The quantitative estimate of drug-likeness (QED) is 0.865. The molecule has 2 aliphatic rings. The molecule has 2 fully saturated rings. The van der Waals surface area contributed by atoms with Crippen LogP contribution in [0.2, 0.25) is 0 Å². The second kappa shape index (κ2) is 8.82. The molecule has 144 valence electrons. The highest BCUT2D eigenvalue weighted by Crippen LogP contribution is 2.26. The summed E-state index contributed by atoms with van der Waals surface area (Å²) < 4.78 is 25.9. The van der Waals surface area contributed by atoms with E-state index in [2.05, 4.69) is 5.32 Å². The fraction of sp³-hybridized carbons (Fsp3) is 0.650. The van der Waals surface area contributed by atoms with Crippen molar-refractivity contribution < 1.29 is 18.7 Å². The lowest BCUT2D eigenvalue weighted by atomic mass is 9.98. The van der Waals surface area contributed by atoms with Crippen LogP contribution in [-0.2, 0) is 14.3 Å². The zero-order chi connectivity index (χ0) is 18.5. The van der Waals surface area contributed by atoms with E-state index in [-0.39, 0.29) is 36.6 Å². The number of nitrogens with zero attached hydrogens (tertiary/aromatic N) is 1. The van der Waals surface area contributed by atoms with Crippen molar-refractivity contribution in [1.29, 1.82) is 0 Å². The molecule has 2 atom stereocenters. The van der Waals surface area contributed by atoms with Crippen molar-refractivity contribution in [3.63, 3.8) is 0 Å². The molecular weight excluding hydrogens is 335 g/mol. The van der Waals surface area contributed by atoms with Gasteiger partial charge in [0.15, 0.2) is 0 Å². The van der Waals surface area contributed by atoms with E-state index < -0.39 is 0 Å². The van der Waals surface area contributed by atoms with Crippen LogP contribution in [0.5, 0.6) is 0 Å². The molecule has 1 N–H and O–H groups in total. The summed E-state index contributed by atoms with van der Waals surface area (Å²) in [5.41, 5.74) is 1.00. The van der Waals surface area contributed by atoms with Gasteiger partial charge in [-0.1, -0.05) is 19.3 Å². The molecular formula is C20H29FN2O3. The van der Waals surface area contributed by atoms with Gasteiger partial charge < -0.3 is 19.7 Å². The Kier molecular flexibility index (Phi) is 6.48. The Morgan fingerprint density at radius 3 is 2.58 bits per heavy atom. The summed E-state index contributed by atoms with van der Waals surface area (Å²) in [5.74, 6) is -0.575. The van der Waals surface area contributed by atoms with Crippen LogP contribution in [0.15, 0.2) is 18.2 Å². The molecule has 26 heavy (non-hydrogen) atoms. The highest BCUT2D eigenvalue weighted by atomic mass is 19.1. The highest BCUT2D eigenvalue weighted by molar-refractivity contribution is 5.91. The Bertz CT molecular complexity index is 609. The minimum atomic E-state index is -0.336. The molecule has 0 unspecified atom stereocenters. The fourth-order valence-corrected chi connectivity index (χ4v) is 3.84. The van der Waals surface area contributed by atoms with Crippen molar-refractivity contribution >= 4 is 17.3 Å². The summed E-state index contributed by atoms with van der Waals surface area (Å²) in [4.78, 5) is 14.0. The van der Waals surface area contributed by atoms with Crippen molar-refractivity contribution in [3.8, 4) is 0 Å². The van der Waals surface area contributed by atoms with Gasteiger partial charge in [-0.15, -0.1) is 0 Å². The van der Waals surface area contributed by atoms with Gasteiger partial charge >= 0.3 is 0 Å². The average molecular weight is 364 g/mol. The number of rotatable bonds is 5. The number of hydrogen-bond donors (Lipinski definition) is 1. The Morgan fingerprint density at radius 2 is 1.92 bits per heavy atom. The fourth-order valence-electron chi connectivity index (χ4n) is 3.84. The molecule has 6 heteroatoms. The lowest BCUT2D eigenvalue weighted by Gasteiger charge is -2.37. The van der Waals surface area contributed by atoms with Crippen molar-refractivity contribution in [2.45, 2.75) is 64.3 Å². The number of hydrogen-bond acceptors (Lipinski definition) is 4. The second-order valence-electron chi connectivity index (χ2n) is 7.45. The Balaban J connectivity index is 1.54. The van der Waals surface area contributed by atoms with Gasteiger partial charge in [-0.3, -0.25) is 4.79 Å². The van der Waals surface area contributed by atoms with Crippen LogP contribution in [0.25, 0.3) is 0 Å². The first-order chi connectivity index (χ1) is 12.5. The zero-order valence-corrected chi connectivity index (χ0v) is 15.7. The molecule has 3 rings (SSSR count). The topological polar surface area (TPSA) is 50.8 Å². The van der Waals surface area contributed by atoms with E-state index in [1.54, 1.807) is 12.1 Å². The van der Waals surface area contributed by atoms with Crippen LogP contribution in [0.1, 0.15) is 46.0 Å². The number of morpholine rings is 1. The van der Waals surface area contributed by atoms with E-state index in [1.807, 2.05) is 18.7 Å². The lowest BCUT2D eigenvalue weighted by molar-refractivity contribution is -0.123. The lowest BCUT2D eigenvalue weighted by Crippen LogP contribution is -2.45. The van der Waals surface area contributed by atoms with E-state index in [4.69, 9.17) is 9.47 Å². The third kappa shape index (κ3) is 5.17. The minimum Gasteiger partial charge on any atom is -0.372 e. The molecule has 0 spiro atoms.